The Bertz CT molecular complexity index is 558. The van der Waals surface area contributed by atoms with Crippen LogP contribution in [0.3, 0.4) is 0 Å². The third-order valence-electron chi connectivity index (χ3n) is 2.95. The fourth-order valence-electron chi connectivity index (χ4n) is 2.08. The van der Waals surface area contributed by atoms with Crippen LogP contribution >= 0.6 is 0 Å². The zero-order chi connectivity index (χ0) is 18.5. The molecule has 12 heteroatoms. The van der Waals surface area contributed by atoms with Gasteiger partial charge in [-0.15, -0.1) is 0 Å². The van der Waals surface area contributed by atoms with Crippen LogP contribution in [0.1, 0.15) is 20.8 Å². The highest BCUT2D eigenvalue weighted by Gasteiger charge is 2.58. The van der Waals surface area contributed by atoms with Gasteiger partial charge >= 0.3 is 17.9 Å². The Balaban J connectivity index is 3.24. The molecule has 134 valence electrons. The Morgan fingerprint density at radius 2 is 1.75 bits per heavy atom. The van der Waals surface area contributed by atoms with E-state index in [1.54, 1.807) is 0 Å². The second-order valence-electron chi connectivity index (χ2n) is 4.92. The quantitative estimate of drug-likeness (QED) is 0.160. The number of esters is 3. The Hall–Kier alpha value is -2.40. The number of ether oxygens (including phenoxy) is 4. The molecule has 12 nitrogen and oxygen atoms in total. The van der Waals surface area contributed by atoms with Gasteiger partial charge in [-0.2, -0.15) is 0 Å². The minimum atomic E-state index is -2.98. The predicted octanol–water partition coefficient (Wildman–Crippen LogP) is -0.871. The molecule has 2 N–H and O–H groups in total. The maximum absolute atomic E-state index is 11.3. The fourth-order valence-corrected chi connectivity index (χ4v) is 2.08. The van der Waals surface area contributed by atoms with Crippen molar-refractivity contribution in [3.63, 3.8) is 0 Å². The molecule has 0 spiro atoms. The maximum atomic E-state index is 11.3. The minimum absolute atomic E-state index is 0.474. The molecule has 1 heterocycles. The number of carbonyl (C=O) groups is 3. The molecule has 0 radical (unpaired) electrons. The third-order valence-corrected chi connectivity index (χ3v) is 2.95. The number of hydrogen-bond donors (Lipinski definition) is 2. The summed E-state index contributed by atoms with van der Waals surface area (Å²) in [6.45, 7) is 2.66. The molecule has 1 aliphatic rings. The van der Waals surface area contributed by atoms with Crippen molar-refractivity contribution in [1.29, 1.82) is 0 Å². The molecule has 0 aromatic carbocycles. The monoisotopic (exact) mass is 347 g/mol. The van der Waals surface area contributed by atoms with Crippen molar-refractivity contribution in [3.8, 4) is 0 Å². The van der Waals surface area contributed by atoms with Gasteiger partial charge in [0.25, 0.3) is 0 Å². The smallest absolute Gasteiger partial charge is 0.303 e. The Morgan fingerprint density at radius 1 is 1.17 bits per heavy atom. The standard InChI is InChI=1S/C12H17N3O9/c1-5(16)21-4-8-9(22-6(2)17)10(23-7(3)18)12(19,20)11(24-8)14-15-13/h8-11,19-20H,4H2,1-3H3/t8-,9-,10+,11+/m1/s1. The van der Waals surface area contributed by atoms with E-state index in [9.17, 15) is 24.6 Å². The van der Waals surface area contributed by atoms with Gasteiger partial charge in [0, 0.05) is 25.7 Å². The maximum Gasteiger partial charge on any atom is 0.303 e. The number of rotatable bonds is 5. The van der Waals surface area contributed by atoms with Crippen LogP contribution in [0.15, 0.2) is 5.11 Å². The normalized spacial score (nSPS) is 28.2. The van der Waals surface area contributed by atoms with E-state index in [4.69, 9.17) is 24.5 Å². The molecular weight excluding hydrogens is 330 g/mol. The molecule has 1 saturated heterocycles. The highest BCUT2D eigenvalue weighted by Crippen LogP contribution is 2.33. The largest absolute Gasteiger partial charge is 0.463 e. The van der Waals surface area contributed by atoms with E-state index in [1.165, 1.54) is 0 Å². The molecule has 4 atom stereocenters. The first-order valence-corrected chi connectivity index (χ1v) is 6.71. The minimum Gasteiger partial charge on any atom is -0.463 e. The fraction of sp³-hybridized carbons (Fsp3) is 0.750. The lowest BCUT2D eigenvalue weighted by Gasteiger charge is -2.45. The van der Waals surface area contributed by atoms with Crippen LogP contribution in [0.4, 0.5) is 0 Å². The SMILES string of the molecule is CC(=O)OC[C@H]1O[C@H](N=[N+]=[N-])C(O)(O)[C@@H](OC(C)=O)[C@@H]1OC(C)=O. The number of aliphatic hydroxyl groups is 2. The van der Waals surface area contributed by atoms with E-state index >= 15 is 0 Å². The first-order valence-electron chi connectivity index (χ1n) is 6.71. The van der Waals surface area contributed by atoms with Crippen LogP contribution in [0.25, 0.3) is 10.4 Å². The predicted molar refractivity (Wildman–Crippen MR) is 72.7 cm³/mol. The van der Waals surface area contributed by atoms with E-state index in [0.29, 0.717) is 0 Å². The molecule has 0 bridgehead atoms. The Kier molecular flexibility index (Phi) is 6.49. The molecule has 24 heavy (non-hydrogen) atoms. The van der Waals surface area contributed by atoms with E-state index < -0.39 is 54.8 Å². The van der Waals surface area contributed by atoms with E-state index in [0.717, 1.165) is 20.8 Å². The van der Waals surface area contributed by atoms with Crippen LogP contribution < -0.4 is 0 Å². The van der Waals surface area contributed by atoms with Crippen molar-refractivity contribution in [2.24, 2.45) is 5.11 Å². The molecule has 0 unspecified atom stereocenters. The van der Waals surface area contributed by atoms with Gasteiger partial charge in [-0.1, -0.05) is 5.11 Å². The van der Waals surface area contributed by atoms with Crippen LogP contribution in [0, 0.1) is 0 Å². The Morgan fingerprint density at radius 3 is 2.21 bits per heavy atom. The summed E-state index contributed by atoms with van der Waals surface area (Å²) in [4.78, 5) is 35.9. The lowest BCUT2D eigenvalue weighted by atomic mass is 9.94. The molecule has 1 fully saturated rings. The summed E-state index contributed by atoms with van der Waals surface area (Å²) in [5.41, 5.74) is 8.51. The summed E-state index contributed by atoms with van der Waals surface area (Å²) in [6, 6.07) is 0. The second-order valence-corrected chi connectivity index (χ2v) is 4.92. The lowest BCUT2D eigenvalue weighted by molar-refractivity contribution is -0.351. The van der Waals surface area contributed by atoms with Gasteiger partial charge in [0.2, 0.25) is 5.79 Å². The summed E-state index contributed by atoms with van der Waals surface area (Å²) in [5.74, 6) is -5.43. The number of hydrogen-bond acceptors (Lipinski definition) is 10. The van der Waals surface area contributed by atoms with Crippen LogP contribution in [0.5, 0.6) is 0 Å². The second kappa shape index (κ2) is 7.93. The zero-order valence-corrected chi connectivity index (χ0v) is 13.1. The lowest BCUT2D eigenvalue weighted by Crippen LogP contribution is -2.68. The van der Waals surface area contributed by atoms with Gasteiger partial charge in [-0.05, 0) is 5.53 Å². The molecule has 0 aliphatic carbocycles. The first-order chi connectivity index (χ1) is 11.1. The first kappa shape index (κ1) is 19.6. The van der Waals surface area contributed by atoms with Gasteiger partial charge in [0.1, 0.15) is 12.7 Å². The summed E-state index contributed by atoms with van der Waals surface area (Å²) in [6.07, 6.45) is -6.54. The summed E-state index contributed by atoms with van der Waals surface area (Å²) < 4.78 is 19.6. The number of carbonyl (C=O) groups excluding carboxylic acids is 3. The summed E-state index contributed by atoms with van der Waals surface area (Å²) in [5, 5.41) is 23.4. The van der Waals surface area contributed by atoms with E-state index in [-0.39, 0.29) is 0 Å². The molecule has 0 saturated carbocycles. The summed E-state index contributed by atoms with van der Waals surface area (Å²) >= 11 is 0. The van der Waals surface area contributed by atoms with Gasteiger partial charge in [0.15, 0.2) is 18.4 Å². The zero-order valence-electron chi connectivity index (χ0n) is 13.1. The van der Waals surface area contributed by atoms with Gasteiger partial charge in [0.05, 0.1) is 0 Å². The highest BCUT2D eigenvalue weighted by atomic mass is 16.7. The number of azide groups is 1. The average molecular weight is 347 g/mol. The Labute approximate surface area is 135 Å². The van der Waals surface area contributed by atoms with Crippen molar-refractivity contribution < 1.29 is 43.5 Å². The van der Waals surface area contributed by atoms with Crippen molar-refractivity contribution in [1.82, 2.24) is 0 Å². The van der Waals surface area contributed by atoms with Crippen molar-refractivity contribution in [2.45, 2.75) is 51.1 Å². The number of nitrogens with zero attached hydrogens (tertiary/aromatic N) is 3. The molecule has 0 amide bonds. The molecule has 0 aromatic heterocycles. The molecular formula is C12H17N3O9. The van der Waals surface area contributed by atoms with Crippen molar-refractivity contribution in [3.05, 3.63) is 10.4 Å². The third kappa shape index (κ3) is 4.80. The van der Waals surface area contributed by atoms with Crippen LogP contribution in [-0.4, -0.2) is 65.1 Å². The van der Waals surface area contributed by atoms with Crippen LogP contribution in [0.2, 0.25) is 0 Å². The molecule has 1 rings (SSSR count). The van der Waals surface area contributed by atoms with Gasteiger partial charge < -0.3 is 29.2 Å². The van der Waals surface area contributed by atoms with Gasteiger partial charge in [-0.25, -0.2) is 0 Å². The van der Waals surface area contributed by atoms with E-state index in [1.807, 2.05) is 0 Å². The van der Waals surface area contributed by atoms with Gasteiger partial charge in [-0.3, -0.25) is 14.4 Å². The van der Waals surface area contributed by atoms with E-state index in [2.05, 4.69) is 10.0 Å². The topological polar surface area (TPSA) is 177 Å². The van der Waals surface area contributed by atoms with Crippen molar-refractivity contribution >= 4 is 17.9 Å². The molecule has 1 aliphatic heterocycles. The highest BCUT2D eigenvalue weighted by molar-refractivity contribution is 5.68. The van der Waals surface area contributed by atoms with Crippen molar-refractivity contribution in [2.75, 3.05) is 6.61 Å². The molecule has 0 aromatic rings. The average Bonchev–Trinajstić information content (AvgIpc) is 2.44. The summed E-state index contributed by atoms with van der Waals surface area (Å²) in [7, 11) is 0. The van der Waals surface area contributed by atoms with Crippen LogP contribution in [-0.2, 0) is 33.3 Å².